The summed E-state index contributed by atoms with van der Waals surface area (Å²) in [5, 5.41) is 5.41. The second-order valence-corrected chi connectivity index (χ2v) is 9.37. The first-order valence-corrected chi connectivity index (χ1v) is 12.2. The summed E-state index contributed by atoms with van der Waals surface area (Å²) >= 11 is 1.02. The number of hydrogen-bond acceptors (Lipinski definition) is 6. The molecule has 1 heterocycles. The van der Waals surface area contributed by atoms with E-state index in [0.717, 1.165) is 35.0 Å². The van der Waals surface area contributed by atoms with Crippen LogP contribution in [-0.4, -0.2) is 39.1 Å². The van der Waals surface area contributed by atoms with E-state index in [0.29, 0.717) is 5.56 Å². The second kappa shape index (κ2) is 10.7. The Kier molecular flexibility index (Phi) is 8.22. The van der Waals surface area contributed by atoms with Crippen LogP contribution in [0.2, 0.25) is 0 Å². The molecule has 3 N–H and O–H groups in total. The Balaban J connectivity index is 2.03. The number of hydroxylamine groups is 1. The zero-order valence-electron chi connectivity index (χ0n) is 17.5. The van der Waals surface area contributed by atoms with Gasteiger partial charge in [-0.3, -0.25) is 9.36 Å². The van der Waals surface area contributed by atoms with Gasteiger partial charge in [0.15, 0.2) is 0 Å². The number of thioether (sulfide) groups is 1. The number of amides is 2. The van der Waals surface area contributed by atoms with Gasteiger partial charge in [-0.05, 0) is 43.5 Å². The molecular weight excluding hydrogens is 479 g/mol. The second-order valence-electron chi connectivity index (χ2n) is 6.86. The first-order valence-electron chi connectivity index (χ1n) is 9.87. The summed E-state index contributed by atoms with van der Waals surface area (Å²) in [5.74, 6) is -1.39. The van der Waals surface area contributed by atoms with Crippen molar-refractivity contribution in [1.82, 2.24) is 10.5 Å². The Morgan fingerprint density at radius 2 is 1.97 bits per heavy atom. The van der Waals surface area contributed by atoms with Gasteiger partial charge in [-0.1, -0.05) is 42.1 Å². The third-order valence-electron chi connectivity index (χ3n) is 4.60. The van der Waals surface area contributed by atoms with Crippen LogP contribution in [0.1, 0.15) is 30.9 Å². The topological polar surface area (TPSA) is 121 Å². The summed E-state index contributed by atoms with van der Waals surface area (Å²) in [6.07, 6.45) is 0.227. The van der Waals surface area contributed by atoms with Gasteiger partial charge in [-0.15, -0.1) is 0 Å². The van der Waals surface area contributed by atoms with Crippen LogP contribution in [0.15, 0.2) is 53.6 Å². The predicted octanol–water partition coefficient (Wildman–Crippen LogP) is 4.08. The standard InChI is InChI=1S/C20H22F2N3O6PS/c1-2-30-24-19(26)25-20(14-7-4-3-5-8-14,11-6-12-31-32(27,28)29)33-18(23-25)16-13-15(21)9-10-17(16)22/h3-5,7-10,13H,2,6,11-12H2,1H3,(H,24,26)(H2,27,28,29). The molecule has 2 aromatic carbocycles. The van der Waals surface area contributed by atoms with Crippen LogP contribution in [0.25, 0.3) is 0 Å². The molecule has 1 aliphatic heterocycles. The number of nitrogens with zero attached hydrogens (tertiary/aromatic N) is 2. The predicted molar refractivity (Wildman–Crippen MR) is 118 cm³/mol. The van der Waals surface area contributed by atoms with Crippen LogP contribution in [-0.2, 0) is 18.8 Å². The highest BCUT2D eigenvalue weighted by Gasteiger charge is 2.49. The molecule has 1 unspecified atom stereocenters. The third-order valence-corrected chi connectivity index (χ3v) is 6.56. The number of hydrogen-bond donors (Lipinski definition) is 3. The summed E-state index contributed by atoms with van der Waals surface area (Å²) in [6, 6.07) is 10.9. The molecule has 178 valence electrons. The molecule has 1 aliphatic rings. The van der Waals surface area contributed by atoms with Crippen molar-refractivity contribution in [3.05, 3.63) is 71.3 Å². The SMILES string of the molecule is CCONC(=O)N1N=C(c2cc(F)ccc2F)SC1(CCCOP(=O)(O)O)c1ccccc1. The Morgan fingerprint density at radius 1 is 1.24 bits per heavy atom. The molecule has 0 bridgehead atoms. The molecule has 9 nitrogen and oxygen atoms in total. The molecule has 1 atom stereocenters. The van der Waals surface area contributed by atoms with Crippen molar-refractivity contribution < 1.29 is 37.3 Å². The maximum Gasteiger partial charge on any atom is 0.469 e. The van der Waals surface area contributed by atoms with Crippen molar-refractivity contribution in [2.45, 2.75) is 24.6 Å². The van der Waals surface area contributed by atoms with Gasteiger partial charge < -0.3 is 9.79 Å². The average Bonchev–Trinajstić information content (AvgIpc) is 3.17. The monoisotopic (exact) mass is 501 g/mol. The number of phosphoric acid groups is 1. The number of urea groups is 1. The molecule has 0 radical (unpaired) electrons. The van der Waals surface area contributed by atoms with Crippen LogP contribution in [0.5, 0.6) is 0 Å². The van der Waals surface area contributed by atoms with Crippen molar-refractivity contribution in [2.75, 3.05) is 13.2 Å². The van der Waals surface area contributed by atoms with Crippen LogP contribution < -0.4 is 5.48 Å². The van der Waals surface area contributed by atoms with Gasteiger partial charge >= 0.3 is 13.9 Å². The number of rotatable bonds is 9. The average molecular weight is 501 g/mol. The molecule has 0 aliphatic carbocycles. The number of benzene rings is 2. The Labute approximate surface area is 193 Å². The van der Waals surface area contributed by atoms with Crippen molar-refractivity contribution in [3.63, 3.8) is 0 Å². The third kappa shape index (κ3) is 6.17. The number of nitrogens with one attached hydrogen (secondary N) is 1. The highest BCUT2D eigenvalue weighted by Crippen LogP contribution is 2.51. The molecule has 2 aromatic rings. The maximum absolute atomic E-state index is 14.5. The molecule has 13 heteroatoms. The summed E-state index contributed by atoms with van der Waals surface area (Å²) in [4.78, 5) is 34.7. The fraction of sp³-hybridized carbons (Fsp3) is 0.300. The fourth-order valence-electron chi connectivity index (χ4n) is 3.23. The van der Waals surface area contributed by atoms with Crippen LogP contribution in [0, 0.1) is 11.6 Å². The lowest BCUT2D eigenvalue weighted by molar-refractivity contribution is 0.0459. The Morgan fingerprint density at radius 3 is 2.64 bits per heavy atom. The minimum atomic E-state index is -4.68. The van der Waals surface area contributed by atoms with E-state index in [1.165, 1.54) is 0 Å². The first kappa shape index (κ1) is 25.3. The molecule has 2 amide bonds. The summed E-state index contributed by atoms with van der Waals surface area (Å²) in [6.45, 7) is 1.54. The van der Waals surface area contributed by atoms with Crippen LogP contribution in [0.4, 0.5) is 13.6 Å². The molecular formula is C20H22F2N3O6PS. The minimum absolute atomic E-state index is 0.0541. The molecule has 0 saturated carbocycles. The minimum Gasteiger partial charge on any atom is -0.303 e. The number of carbonyl (C=O) groups excluding carboxylic acids is 1. The van der Waals surface area contributed by atoms with E-state index in [4.69, 9.17) is 14.6 Å². The van der Waals surface area contributed by atoms with Crippen molar-refractivity contribution >= 4 is 30.7 Å². The molecule has 0 saturated heterocycles. The number of halogens is 2. The van der Waals surface area contributed by atoms with Gasteiger partial charge in [0.25, 0.3) is 0 Å². The zero-order valence-corrected chi connectivity index (χ0v) is 19.2. The number of carbonyl (C=O) groups is 1. The quantitative estimate of drug-likeness (QED) is 0.269. The van der Waals surface area contributed by atoms with Crippen molar-refractivity contribution in [3.8, 4) is 0 Å². The van der Waals surface area contributed by atoms with Crippen LogP contribution in [0.3, 0.4) is 0 Å². The van der Waals surface area contributed by atoms with E-state index < -0.39 is 30.4 Å². The van der Waals surface area contributed by atoms with Crippen molar-refractivity contribution in [2.24, 2.45) is 5.10 Å². The van der Waals surface area contributed by atoms with Gasteiger partial charge in [0, 0.05) is 5.56 Å². The van der Waals surface area contributed by atoms with Crippen molar-refractivity contribution in [1.29, 1.82) is 0 Å². The maximum atomic E-state index is 14.5. The Bertz CT molecular complexity index is 1070. The molecule has 0 spiro atoms. The van der Waals surface area contributed by atoms with E-state index in [2.05, 4.69) is 15.1 Å². The Hall–Kier alpha value is -2.34. The lowest BCUT2D eigenvalue weighted by Gasteiger charge is -2.35. The zero-order chi connectivity index (χ0) is 24.1. The normalized spacial score (nSPS) is 18.3. The van der Waals surface area contributed by atoms with Gasteiger partial charge in [0.1, 0.15) is 21.5 Å². The lowest BCUT2D eigenvalue weighted by atomic mass is 10.0. The number of phosphoric ester groups is 1. The molecule has 0 fully saturated rings. The van der Waals surface area contributed by atoms with Gasteiger partial charge in [-0.25, -0.2) is 23.6 Å². The van der Waals surface area contributed by atoms with Gasteiger partial charge in [-0.2, -0.15) is 10.1 Å². The van der Waals surface area contributed by atoms with Crippen LogP contribution >= 0.6 is 19.6 Å². The summed E-state index contributed by atoms with van der Waals surface area (Å²) < 4.78 is 44.0. The molecule has 33 heavy (non-hydrogen) atoms. The van der Waals surface area contributed by atoms with E-state index >= 15 is 0 Å². The van der Waals surface area contributed by atoms with E-state index in [-0.39, 0.29) is 36.7 Å². The summed E-state index contributed by atoms with van der Waals surface area (Å²) in [5.41, 5.74) is 2.73. The van der Waals surface area contributed by atoms with E-state index in [9.17, 15) is 18.1 Å². The van der Waals surface area contributed by atoms with Gasteiger partial charge in [0.05, 0.1) is 13.2 Å². The van der Waals surface area contributed by atoms with Gasteiger partial charge in [0.2, 0.25) is 0 Å². The van der Waals surface area contributed by atoms with E-state index in [1.807, 2.05) is 0 Å². The smallest absolute Gasteiger partial charge is 0.303 e. The first-order chi connectivity index (χ1) is 15.7. The summed E-state index contributed by atoms with van der Waals surface area (Å²) in [7, 11) is -4.68. The van der Waals surface area contributed by atoms with E-state index in [1.54, 1.807) is 37.3 Å². The largest absolute Gasteiger partial charge is 0.469 e. The molecule has 0 aromatic heterocycles. The highest BCUT2D eigenvalue weighted by molar-refractivity contribution is 8.15. The highest BCUT2D eigenvalue weighted by atomic mass is 32.2. The lowest BCUT2D eigenvalue weighted by Crippen LogP contribution is -2.46. The fourth-order valence-corrected chi connectivity index (χ4v) is 5.01. The number of hydrazone groups is 1. The molecule has 3 rings (SSSR count).